The van der Waals surface area contributed by atoms with E-state index in [9.17, 15) is 0 Å². The molecule has 1 saturated heterocycles. The Morgan fingerprint density at radius 1 is 1.83 bits per heavy atom. The van der Waals surface area contributed by atoms with Crippen LogP contribution in [0.2, 0.25) is 0 Å². The Bertz CT molecular complexity index is 54.8. The lowest BCUT2D eigenvalue weighted by molar-refractivity contribution is 0.243. The van der Waals surface area contributed by atoms with Crippen LogP contribution in [0.3, 0.4) is 0 Å². The number of aliphatic hydroxyl groups excluding tert-OH is 1. The number of hydrogen-bond donors (Lipinski definition) is 1. The third-order valence-corrected chi connectivity index (χ3v) is 1.51. The van der Waals surface area contributed by atoms with Crippen molar-refractivity contribution >= 4 is 15.9 Å². The second kappa shape index (κ2) is 1.48. The molecule has 0 bridgehead atoms. The van der Waals surface area contributed by atoms with E-state index in [2.05, 4.69) is 15.9 Å². The predicted molar refractivity (Wildman–Crippen MR) is 24.7 cm³/mol. The third-order valence-electron chi connectivity index (χ3n) is 0.700. The third kappa shape index (κ3) is 0.721. The van der Waals surface area contributed by atoms with E-state index in [0.717, 1.165) is 0 Å². The molecule has 0 aromatic heterocycles. The molecule has 36 valence electrons. The second-order valence-electron chi connectivity index (χ2n) is 1.21. The summed E-state index contributed by atoms with van der Waals surface area (Å²) in [7, 11) is 0. The van der Waals surface area contributed by atoms with Crippen molar-refractivity contribution in [2.75, 3.05) is 6.61 Å². The van der Waals surface area contributed by atoms with Crippen molar-refractivity contribution in [1.82, 2.24) is 0 Å². The Morgan fingerprint density at radius 3 is 2.33 bits per heavy atom. The summed E-state index contributed by atoms with van der Waals surface area (Å²) in [5.41, 5.74) is 0. The quantitative estimate of drug-likeness (QED) is 0.428. The molecule has 0 aliphatic carbocycles. The average molecular weight is 153 g/mol. The van der Waals surface area contributed by atoms with Crippen LogP contribution in [-0.4, -0.2) is 22.8 Å². The van der Waals surface area contributed by atoms with E-state index in [4.69, 9.17) is 9.84 Å². The van der Waals surface area contributed by atoms with E-state index in [1.165, 1.54) is 0 Å². The van der Waals surface area contributed by atoms with Gasteiger partial charge in [0.25, 0.3) is 0 Å². The molecule has 6 heavy (non-hydrogen) atoms. The summed E-state index contributed by atoms with van der Waals surface area (Å²) >= 11 is 3.13. The lowest BCUT2D eigenvalue weighted by Gasteiger charge is -1.72. The molecule has 0 aromatic carbocycles. The Balaban J connectivity index is 2.09. The molecule has 3 heteroatoms. The highest BCUT2D eigenvalue weighted by molar-refractivity contribution is 9.09. The van der Waals surface area contributed by atoms with Crippen LogP contribution in [0.25, 0.3) is 0 Å². The summed E-state index contributed by atoms with van der Waals surface area (Å²) in [6.07, 6.45) is 0.0741. The molecule has 1 rings (SSSR count). The van der Waals surface area contributed by atoms with Crippen molar-refractivity contribution < 1.29 is 9.84 Å². The molecular weight excluding hydrogens is 148 g/mol. The van der Waals surface area contributed by atoms with Gasteiger partial charge in [-0.3, -0.25) is 0 Å². The number of halogens is 1. The lowest BCUT2D eigenvalue weighted by atomic mass is 10.5. The molecule has 2 unspecified atom stereocenters. The second-order valence-corrected chi connectivity index (χ2v) is 2.11. The highest BCUT2D eigenvalue weighted by Gasteiger charge is 2.34. The molecule has 1 aliphatic heterocycles. The molecule has 1 fully saturated rings. The Labute approximate surface area is 44.2 Å². The van der Waals surface area contributed by atoms with Crippen LogP contribution in [-0.2, 0) is 4.74 Å². The van der Waals surface area contributed by atoms with Crippen LogP contribution in [0.15, 0.2) is 0 Å². The van der Waals surface area contributed by atoms with Crippen LogP contribution < -0.4 is 0 Å². The lowest BCUT2D eigenvalue weighted by Crippen LogP contribution is -1.92. The van der Waals surface area contributed by atoms with Crippen LogP contribution in [0.5, 0.6) is 0 Å². The molecule has 0 amide bonds. The van der Waals surface area contributed by atoms with Gasteiger partial charge >= 0.3 is 0 Å². The largest absolute Gasteiger partial charge is 0.394 e. The van der Waals surface area contributed by atoms with Gasteiger partial charge in [0, 0.05) is 0 Å². The standard InChI is InChI=1S/C3H5BrO2/c4-3-2(1-5)6-3/h2-3,5H,1H2. The van der Waals surface area contributed by atoms with Crippen molar-refractivity contribution in [3.8, 4) is 0 Å². The molecule has 1 aliphatic rings. The minimum Gasteiger partial charge on any atom is -0.394 e. The van der Waals surface area contributed by atoms with Crippen molar-refractivity contribution in [2.45, 2.75) is 11.1 Å². The van der Waals surface area contributed by atoms with E-state index < -0.39 is 0 Å². The zero-order chi connectivity index (χ0) is 4.57. The summed E-state index contributed by atoms with van der Waals surface area (Å²) in [6, 6.07) is 0. The summed E-state index contributed by atoms with van der Waals surface area (Å²) in [4.78, 5) is 0. The molecule has 2 nitrogen and oxygen atoms in total. The smallest absolute Gasteiger partial charge is 0.141 e. The molecule has 0 radical (unpaired) electrons. The number of hydrogen-bond acceptors (Lipinski definition) is 2. The van der Waals surface area contributed by atoms with Gasteiger partial charge in [-0.15, -0.1) is 0 Å². The van der Waals surface area contributed by atoms with Crippen molar-refractivity contribution in [3.05, 3.63) is 0 Å². The Hall–Kier alpha value is 0.400. The van der Waals surface area contributed by atoms with Gasteiger partial charge in [0.1, 0.15) is 11.1 Å². The van der Waals surface area contributed by atoms with E-state index in [0.29, 0.717) is 0 Å². The molecule has 2 atom stereocenters. The number of aliphatic hydroxyl groups is 1. The van der Waals surface area contributed by atoms with Crippen LogP contribution in [0.1, 0.15) is 0 Å². The first kappa shape index (κ1) is 4.56. The first-order valence-corrected chi connectivity index (χ1v) is 2.66. The van der Waals surface area contributed by atoms with Gasteiger partial charge in [0.2, 0.25) is 0 Å². The normalized spacial score (nSPS) is 43.0. The molecule has 1 heterocycles. The topological polar surface area (TPSA) is 32.8 Å². The average Bonchev–Trinajstić information content (AvgIpc) is 2.19. The van der Waals surface area contributed by atoms with Gasteiger partial charge in [-0.05, 0) is 0 Å². The van der Waals surface area contributed by atoms with Gasteiger partial charge in [-0.1, -0.05) is 15.9 Å². The fourth-order valence-electron chi connectivity index (χ4n) is 0.248. The van der Waals surface area contributed by atoms with Crippen molar-refractivity contribution in [2.24, 2.45) is 0 Å². The molecular formula is C3H5BrO2. The zero-order valence-electron chi connectivity index (χ0n) is 3.10. The van der Waals surface area contributed by atoms with Gasteiger partial charge < -0.3 is 9.84 Å². The van der Waals surface area contributed by atoms with Crippen molar-refractivity contribution in [3.63, 3.8) is 0 Å². The number of rotatable bonds is 1. The van der Waals surface area contributed by atoms with Gasteiger partial charge in [-0.25, -0.2) is 0 Å². The van der Waals surface area contributed by atoms with Gasteiger partial charge in [0.15, 0.2) is 0 Å². The number of alkyl halides is 1. The maximum absolute atomic E-state index is 8.22. The fourth-order valence-corrected chi connectivity index (χ4v) is 0.692. The highest BCUT2D eigenvalue weighted by Crippen LogP contribution is 2.26. The Kier molecular flexibility index (Phi) is 1.13. The molecule has 1 N–H and O–H groups in total. The van der Waals surface area contributed by atoms with E-state index >= 15 is 0 Å². The predicted octanol–water partition coefficient (Wildman–Crippen LogP) is 0.0985. The van der Waals surface area contributed by atoms with Gasteiger partial charge in [-0.2, -0.15) is 0 Å². The highest BCUT2D eigenvalue weighted by atomic mass is 79.9. The maximum atomic E-state index is 8.22. The molecule has 0 aromatic rings. The first-order valence-electron chi connectivity index (χ1n) is 1.75. The van der Waals surface area contributed by atoms with Crippen LogP contribution in [0.4, 0.5) is 0 Å². The molecule has 0 spiro atoms. The number of ether oxygens (including phenoxy) is 1. The minimum absolute atomic E-state index is 0.0741. The van der Waals surface area contributed by atoms with Crippen molar-refractivity contribution in [1.29, 1.82) is 0 Å². The van der Waals surface area contributed by atoms with Gasteiger partial charge in [0.05, 0.1) is 6.61 Å². The minimum atomic E-state index is 0.0741. The summed E-state index contributed by atoms with van der Waals surface area (Å²) < 4.78 is 4.73. The maximum Gasteiger partial charge on any atom is 0.141 e. The van der Waals surface area contributed by atoms with Crippen LogP contribution >= 0.6 is 15.9 Å². The van der Waals surface area contributed by atoms with E-state index in [-0.39, 0.29) is 17.7 Å². The summed E-state index contributed by atoms with van der Waals surface area (Å²) in [6.45, 7) is 0.135. The van der Waals surface area contributed by atoms with E-state index in [1.807, 2.05) is 0 Å². The monoisotopic (exact) mass is 152 g/mol. The SMILES string of the molecule is OCC1OC1Br. The summed E-state index contributed by atoms with van der Waals surface area (Å²) in [5, 5.41) is 8.35. The molecule has 0 saturated carbocycles. The first-order chi connectivity index (χ1) is 2.84. The van der Waals surface area contributed by atoms with E-state index in [1.54, 1.807) is 0 Å². The summed E-state index contributed by atoms with van der Waals surface area (Å²) in [5.74, 6) is 0. The fraction of sp³-hybridized carbons (Fsp3) is 1.00. The van der Waals surface area contributed by atoms with Crippen LogP contribution in [0, 0.1) is 0 Å². The zero-order valence-corrected chi connectivity index (χ0v) is 4.68. The Morgan fingerprint density at radius 2 is 2.33 bits per heavy atom. The number of epoxide rings is 1.